The maximum Gasteiger partial charge on any atom is 0.228 e. The summed E-state index contributed by atoms with van der Waals surface area (Å²) < 4.78 is 10.7. The van der Waals surface area contributed by atoms with Gasteiger partial charge in [0.2, 0.25) is 11.8 Å². The van der Waals surface area contributed by atoms with Crippen molar-refractivity contribution in [3.05, 3.63) is 54.1 Å². The van der Waals surface area contributed by atoms with Gasteiger partial charge in [0.05, 0.1) is 20.1 Å². The second-order valence-electron chi connectivity index (χ2n) is 9.07. The van der Waals surface area contributed by atoms with Gasteiger partial charge in [-0.25, -0.2) is 4.98 Å². The first kappa shape index (κ1) is 23.0. The van der Waals surface area contributed by atoms with E-state index in [1.807, 2.05) is 41.3 Å². The van der Waals surface area contributed by atoms with Crippen LogP contribution in [0.25, 0.3) is 10.9 Å². The Labute approximate surface area is 205 Å². The van der Waals surface area contributed by atoms with Crippen molar-refractivity contribution in [1.82, 2.24) is 9.88 Å². The third-order valence-electron chi connectivity index (χ3n) is 6.99. The number of aryl methyl sites for hydroxylation is 1. The molecule has 2 aliphatic heterocycles. The van der Waals surface area contributed by atoms with Crippen LogP contribution in [0.15, 0.2) is 48.5 Å². The van der Waals surface area contributed by atoms with Crippen molar-refractivity contribution in [3.8, 4) is 11.5 Å². The fourth-order valence-corrected chi connectivity index (χ4v) is 5.00. The number of pyridine rings is 1. The van der Waals surface area contributed by atoms with Gasteiger partial charge in [0.15, 0.2) is 0 Å². The summed E-state index contributed by atoms with van der Waals surface area (Å²) in [6.07, 6.45) is 0.246. The minimum atomic E-state index is -0.318. The number of rotatable bonds is 5. The molecule has 0 N–H and O–H groups in total. The van der Waals surface area contributed by atoms with Gasteiger partial charge in [-0.1, -0.05) is 12.1 Å². The van der Waals surface area contributed by atoms with Crippen molar-refractivity contribution in [1.29, 1.82) is 0 Å². The lowest BCUT2D eigenvalue weighted by atomic mass is 10.1. The Kier molecular flexibility index (Phi) is 6.19. The van der Waals surface area contributed by atoms with E-state index >= 15 is 0 Å². The van der Waals surface area contributed by atoms with E-state index in [4.69, 9.17) is 14.5 Å². The van der Waals surface area contributed by atoms with Gasteiger partial charge in [0, 0.05) is 50.2 Å². The largest absolute Gasteiger partial charge is 0.497 e. The molecule has 0 radical (unpaired) electrons. The Hall–Kier alpha value is -3.81. The minimum Gasteiger partial charge on any atom is -0.497 e. The number of hydrogen-bond donors (Lipinski definition) is 0. The van der Waals surface area contributed by atoms with E-state index in [-0.39, 0.29) is 24.2 Å². The molecule has 2 amide bonds. The maximum absolute atomic E-state index is 13.3. The topological polar surface area (TPSA) is 75.2 Å². The summed E-state index contributed by atoms with van der Waals surface area (Å²) in [7, 11) is 3.27. The number of amides is 2. The summed E-state index contributed by atoms with van der Waals surface area (Å²) in [6.45, 7) is 5.10. The fourth-order valence-electron chi connectivity index (χ4n) is 5.00. The van der Waals surface area contributed by atoms with E-state index in [0.29, 0.717) is 32.7 Å². The second-order valence-corrected chi connectivity index (χ2v) is 9.07. The highest BCUT2D eigenvalue weighted by atomic mass is 16.5. The van der Waals surface area contributed by atoms with Gasteiger partial charge in [0.1, 0.15) is 22.8 Å². The lowest BCUT2D eigenvalue weighted by Gasteiger charge is -2.36. The number of piperazine rings is 1. The van der Waals surface area contributed by atoms with E-state index in [1.54, 1.807) is 19.1 Å². The first-order valence-corrected chi connectivity index (χ1v) is 11.9. The van der Waals surface area contributed by atoms with Gasteiger partial charge in [0.25, 0.3) is 0 Å². The number of fused-ring (bicyclic) bond motifs is 1. The van der Waals surface area contributed by atoms with Gasteiger partial charge >= 0.3 is 0 Å². The van der Waals surface area contributed by atoms with E-state index < -0.39 is 0 Å². The zero-order chi connectivity index (χ0) is 24.5. The Balaban J connectivity index is 1.24. The van der Waals surface area contributed by atoms with Crippen molar-refractivity contribution in [3.63, 3.8) is 0 Å². The molecule has 2 fully saturated rings. The van der Waals surface area contributed by atoms with Gasteiger partial charge < -0.3 is 24.2 Å². The summed E-state index contributed by atoms with van der Waals surface area (Å²) in [5, 5.41) is 1.08. The molecule has 2 aliphatic rings. The van der Waals surface area contributed by atoms with Crippen molar-refractivity contribution >= 4 is 34.2 Å². The van der Waals surface area contributed by atoms with Gasteiger partial charge in [-0.05, 0) is 48.9 Å². The number of carbonyl (C=O) groups is 2. The third-order valence-corrected chi connectivity index (χ3v) is 6.99. The number of para-hydroxylation sites is 1. The number of aromatic nitrogens is 1. The van der Waals surface area contributed by atoms with Gasteiger partial charge in [-0.15, -0.1) is 0 Å². The Morgan fingerprint density at radius 3 is 2.43 bits per heavy atom. The molecule has 5 rings (SSSR count). The first-order chi connectivity index (χ1) is 17.0. The molecule has 8 nitrogen and oxygen atoms in total. The average Bonchev–Trinajstić information content (AvgIpc) is 3.29. The Morgan fingerprint density at radius 2 is 1.74 bits per heavy atom. The SMILES string of the molecule is COc1ccc(N2CC(C(=O)N3CCN(c4cc(C)c5cccc(OC)c5n4)CC3)CC2=O)cc1. The smallest absolute Gasteiger partial charge is 0.228 e. The quantitative estimate of drug-likeness (QED) is 0.565. The second kappa shape index (κ2) is 9.44. The molecular weight excluding hydrogens is 444 g/mol. The molecule has 2 aromatic carbocycles. The summed E-state index contributed by atoms with van der Waals surface area (Å²) in [5.74, 6) is 2.11. The highest BCUT2D eigenvalue weighted by Gasteiger charge is 2.38. The molecule has 3 aromatic rings. The highest BCUT2D eigenvalue weighted by molar-refractivity contribution is 6.00. The molecule has 0 bridgehead atoms. The Bertz CT molecular complexity index is 1250. The van der Waals surface area contributed by atoms with Crippen LogP contribution in [0.5, 0.6) is 11.5 Å². The number of benzene rings is 2. The number of anilines is 2. The first-order valence-electron chi connectivity index (χ1n) is 11.9. The number of methoxy groups -OCH3 is 2. The zero-order valence-electron chi connectivity index (χ0n) is 20.4. The molecule has 0 aliphatic carbocycles. The van der Waals surface area contributed by atoms with E-state index in [0.717, 1.165) is 39.5 Å². The normalized spacial score (nSPS) is 18.3. The van der Waals surface area contributed by atoms with Crippen LogP contribution in [0.4, 0.5) is 11.5 Å². The number of nitrogens with zero attached hydrogens (tertiary/aromatic N) is 4. The molecule has 1 aromatic heterocycles. The van der Waals surface area contributed by atoms with Crippen molar-refractivity contribution < 1.29 is 19.1 Å². The highest BCUT2D eigenvalue weighted by Crippen LogP contribution is 2.31. The number of ether oxygens (including phenoxy) is 2. The minimum absolute atomic E-state index is 0.0167. The fraction of sp³-hybridized carbons (Fsp3) is 0.370. The van der Waals surface area contributed by atoms with Crippen LogP contribution in [0.1, 0.15) is 12.0 Å². The molecule has 35 heavy (non-hydrogen) atoms. The predicted octanol–water partition coefficient (Wildman–Crippen LogP) is 3.26. The molecule has 1 atom stereocenters. The molecule has 2 saturated heterocycles. The number of carbonyl (C=O) groups excluding carboxylic acids is 2. The monoisotopic (exact) mass is 474 g/mol. The third kappa shape index (κ3) is 4.36. The van der Waals surface area contributed by atoms with Crippen molar-refractivity contribution in [2.24, 2.45) is 5.92 Å². The van der Waals surface area contributed by atoms with Crippen molar-refractivity contribution in [2.45, 2.75) is 13.3 Å². The molecule has 8 heteroatoms. The van der Waals surface area contributed by atoms with Gasteiger partial charge in [-0.2, -0.15) is 0 Å². The van der Waals surface area contributed by atoms with Crippen LogP contribution < -0.4 is 19.3 Å². The molecule has 3 heterocycles. The summed E-state index contributed by atoms with van der Waals surface area (Å²) in [4.78, 5) is 36.6. The van der Waals surface area contributed by atoms with Crippen molar-refractivity contribution in [2.75, 3.05) is 56.7 Å². The average molecular weight is 475 g/mol. The van der Waals surface area contributed by atoms with Crippen LogP contribution in [-0.2, 0) is 9.59 Å². The van der Waals surface area contributed by atoms with Crippen LogP contribution in [0.3, 0.4) is 0 Å². The Morgan fingerprint density at radius 1 is 1.00 bits per heavy atom. The summed E-state index contributed by atoms with van der Waals surface area (Å²) in [6, 6.07) is 15.4. The maximum atomic E-state index is 13.3. The lowest BCUT2D eigenvalue weighted by molar-refractivity contribution is -0.136. The van der Waals surface area contributed by atoms with Gasteiger partial charge in [-0.3, -0.25) is 9.59 Å². The van der Waals surface area contributed by atoms with Crippen LogP contribution >= 0.6 is 0 Å². The lowest BCUT2D eigenvalue weighted by Crippen LogP contribution is -2.51. The van der Waals surface area contributed by atoms with E-state index in [1.165, 1.54) is 0 Å². The zero-order valence-corrected chi connectivity index (χ0v) is 20.4. The molecule has 182 valence electrons. The van der Waals surface area contributed by atoms with Crippen LogP contribution in [-0.4, -0.2) is 68.6 Å². The molecule has 0 spiro atoms. The van der Waals surface area contributed by atoms with Crippen LogP contribution in [0, 0.1) is 12.8 Å². The predicted molar refractivity (Wildman–Crippen MR) is 135 cm³/mol. The van der Waals surface area contributed by atoms with E-state index in [9.17, 15) is 9.59 Å². The molecule has 1 unspecified atom stereocenters. The summed E-state index contributed by atoms with van der Waals surface area (Å²) in [5.41, 5.74) is 2.79. The van der Waals surface area contributed by atoms with Crippen LogP contribution in [0.2, 0.25) is 0 Å². The van der Waals surface area contributed by atoms with E-state index in [2.05, 4.69) is 24.0 Å². The molecular formula is C27H30N4O4. The number of hydrogen-bond acceptors (Lipinski definition) is 6. The summed E-state index contributed by atoms with van der Waals surface area (Å²) >= 11 is 0. The standard InChI is InChI=1S/C27H30N4O4/c1-18-15-24(28-26-22(18)5-4-6-23(26)35-3)29-11-13-30(14-12-29)27(33)19-16-25(32)31(17-19)20-7-9-21(34-2)10-8-20/h4-10,15,19H,11-14,16-17H2,1-3H3. The molecule has 0 saturated carbocycles.